The molecule has 1 aromatic carbocycles. The van der Waals surface area contributed by atoms with Gasteiger partial charge in [0.25, 0.3) is 5.69 Å². The first kappa shape index (κ1) is 15.4. The summed E-state index contributed by atoms with van der Waals surface area (Å²) in [4.78, 5) is 10.7. The number of H-pyrrole nitrogens is 2. The topological polar surface area (TPSA) is 118 Å². The van der Waals surface area contributed by atoms with Crippen molar-refractivity contribution in [3.63, 3.8) is 0 Å². The molecule has 1 aliphatic rings. The van der Waals surface area contributed by atoms with Crippen molar-refractivity contribution >= 4 is 24.1 Å². The average Bonchev–Trinajstić information content (AvgIpc) is 3.29. The van der Waals surface area contributed by atoms with Gasteiger partial charge < -0.3 is 0 Å². The maximum atomic E-state index is 11.1. The van der Waals surface area contributed by atoms with Crippen LogP contribution < -0.4 is 0 Å². The van der Waals surface area contributed by atoms with Gasteiger partial charge in [0.1, 0.15) is 5.69 Å². The molecule has 2 N–H and O–H groups in total. The standard InChI is InChI=1S/C15H13N7O2S/c23-22(24)12-7-2-1-4-9(12)8-16-21-14(19-20-15(21)25)13-10-5-3-6-11(10)17-18-13/h1-2,4,7-8H,3,5-6H2,(H,17,18)(H,20,25)/b16-8+. The van der Waals surface area contributed by atoms with E-state index in [1.54, 1.807) is 18.2 Å². The fourth-order valence-corrected chi connectivity index (χ4v) is 3.12. The molecule has 2 aromatic heterocycles. The van der Waals surface area contributed by atoms with Gasteiger partial charge in [-0.2, -0.15) is 20.0 Å². The molecular formula is C15H13N7O2S. The number of nitro benzene ring substituents is 1. The van der Waals surface area contributed by atoms with E-state index in [1.165, 1.54) is 17.0 Å². The lowest BCUT2D eigenvalue weighted by molar-refractivity contribution is -0.385. The highest BCUT2D eigenvalue weighted by atomic mass is 32.1. The normalized spacial score (nSPS) is 13.4. The summed E-state index contributed by atoms with van der Waals surface area (Å²) in [5.74, 6) is 0.485. The van der Waals surface area contributed by atoms with Gasteiger partial charge in [-0.15, -0.1) is 0 Å². The van der Waals surface area contributed by atoms with Gasteiger partial charge >= 0.3 is 0 Å². The first-order chi connectivity index (χ1) is 12.1. The summed E-state index contributed by atoms with van der Waals surface area (Å²) < 4.78 is 1.72. The molecule has 0 radical (unpaired) electrons. The Labute approximate surface area is 146 Å². The number of nitrogens with zero attached hydrogens (tertiary/aromatic N) is 5. The Morgan fingerprint density at radius 2 is 2.12 bits per heavy atom. The number of hydrogen-bond donors (Lipinski definition) is 2. The molecule has 0 saturated heterocycles. The van der Waals surface area contributed by atoms with E-state index < -0.39 is 4.92 Å². The Balaban J connectivity index is 1.77. The quantitative estimate of drug-likeness (QED) is 0.323. The van der Waals surface area contributed by atoms with Crippen LogP contribution in [-0.4, -0.2) is 36.2 Å². The Morgan fingerprint density at radius 1 is 1.28 bits per heavy atom. The molecular weight excluding hydrogens is 342 g/mol. The predicted octanol–water partition coefficient (Wildman–Crippen LogP) is 2.61. The van der Waals surface area contributed by atoms with E-state index in [2.05, 4.69) is 25.5 Å². The van der Waals surface area contributed by atoms with Crippen LogP contribution in [0.1, 0.15) is 23.2 Å². The molecule has 2 heterocycles. The molecule has 0 amide bonds. The molecule has 25 heavy (non-hydrogen) atoms. The van der Waals surface area contributed by atoms with Crippen molar-refractivity contribution in [1.29, 1.82) is 0 Å². The minimum atomic E-state index is -0.447. The van der Waals surface area contributed by atoms with Crippen molar-refractivity contribution in [2.24, 2.45) is 5.10 Å². The number of aryl methyl sites for hydroxylation is 1. The number of fused-ring (bicyclic) bond motifs is 1. The van der Waals surface area contributed by atoms with E-state index in [9.17, 15) is 10.1 Å². The molecule has 3 aromatic rings. The number of benzene rings is 1. The monoisotopic (exact) mass is 355 g/mol. The molecule has 9 nitrogen and oxygen atoms in total. The van der Waals surface area contributed by atoms with Crippen LogP contribution in [-0.2, 0) is 12.8 Å². The minimum Gasteiger partial charge on any atom is -0.282 e. The summed E-state index contributed by atoms with van der Waals surface area (Å²) in [5.41, 5.74) is 3.30. The maximum Gasteiger partial charge on any atom is 0.278 e. The van der Waals surface area contributed by atoms with Crippen LogP contribution in [0.5, 0.6) is 0 Å². The highest BCUT2D eigenvalue weighted by Crippen LogP contribution is 2.29. The minimum absolute atomic E-state index is 0.0246. The molecule has 0 spiro atoms. The second kappa shape index (κ2) is 6.06. The second-order valence-electron chi connectivity index (χ2n) is 5.61. The molecule has 0 saturated carbocycles. The molecule has 0 atom stereocenters. The Morgan fingerprint density at radius 3 is 2.96 bits per heavy atom. The SMILES string of the molecule is O=[N+]([O-])c1ccccc1/C=N/n1c(-c2n[nH]c3c2CCC3)n[nH]c1=S. The van der Waals surface area contributed by atoms with E-state index in [4.69, 9.17) is 12.2 Å². The van der Waals surface area contributed by atoms with Crippen molar-refractivity contribution in [2.45, 2.75) is 19.3 Å². The van der Waals surface area contributed by atoms with Crippen molar-refractivity contribution in [3.05, 3.63) is 56.0 Å². The van der Waals surface area contributed by atoms with Crippen LogP contribution in [0, 0.1) is 14.9 Å². The summed E-state index contributed by atoms with van der Waals surface area (Å²) in [7, 11) is 0. The van der Waals surface area contributed by atoms with Gasteiger partial charge in [0.2, 0.25) is 10.6 Å². The van der Waals surface area contributed by atoms with Crippen molar-refractivity contribution in [2.75, 3.05) is 0 Å². The first-order valence-electron chi connectivity index (χ1n) is 7.67. The third-order valence-electron chi connectivity index (χ3n) is 4.11. The number of rotatable bonds is 4. The van der Waals surface area contributed by atoms with Crippen molar-refractivity contribution in [3.8, 4) is 11.5 Å². The van der Waals surface area contributed by atoms with Crippen LogP contribution in [0.15, 0.2) is 29.4 Å². The van der Waals surface area contributed by atoms with Gasteiger partial charge in [-0.25, -0.2) is 5.10 Å². The number of aromatic amines is 2. The molecule has 0 aliphatic heterocycles. The second-order valence-corrected chi connectivity index (χ2v) is 5.99. The molecule has 1 aliphatic carbocycles. The average molecular weight is 355 g/mol. The molecule has 0 unspecified atom stereocenters. The number of para-hydroxylation sites is 1. The number of aromatic nitrogens is 5. The Hall–Kier alpha value is -3.14. The van der Waals surface area contributed by atoms with E-state index in [0.29, 0.717) is 21.9 Å². The summed E-state index contributed by atoms with van der Waals surface area (Å²) in [5, 5.41) is 29.7. The lowest BCUT2D eigenvalue weighted by Crippen LogP contribution is -1.99. The van der Waals surface area contributed by atoms with Crippen LogP contribution in [0.3, 0.4) is 0 Å². The van der Waals surface area contributed by atoms with E-state index >= 15 is 0 Å². The summed E-state index contributed by atoms with van der Waals surface area (Å²) >= 11 is 5.23. The smallest absolute Gasteiger partial charge is 0.278 e. The highest BCUT2D eigenvalue weighted by molar-refractivity contribution is 7.71. The van der Waals surface area contributed by atoms with Crippen LogP contribution in [0.2, 0.25) is 0 Å². The predicted molar refractivity (Wildman–Crippen MR) is 93.1 cm³/mol. The van der Waals surface area contributed by atoms with Gasteiger partial charge in [0.05, 0.1) is 16.7 Å². The van der Waals surface area contributed by atoms with Crippen molar-refractivity contribution in [1.82, 2.24) is 25.1 Å². The van der Waals surface area contributed by atoms with Crippen LogP contribution >= 0.6 is 12.2 Å². The van der Waals surface area contributed by atoms with E-state index in [-0.39, 0.29) is 5.69 Å². The van der Waals surface area contributed by atoms with Crippen molar-refractivity contribution < 1.29 is 4.92 Å². The van der Waals surface area contributed by atoms with Gasteiger partial charge in [-0.1, -0.05) is 12.1 Å². The molecule has 0 fully saturated rings. The zero-order chi connectivity index (χ0) is 17.4. The molecule has 0 bridgehead atoms. The van der Waals surface area contributed by atoms with Gasteiger partial charge in [0, 0.05) is 17.3 Å². The third kappa shape index (κ3) is 2.66. The van der Waals surface area contributed by atoms with Gasteiger partial charge in [-0.3, -0.25) is 15.2 Å². The number of hydrogen-bond acceptors (Lipinski definition) is 6. The zero-order valence-corrected chi connectivity index (χ0v) is 13.8. The first-order valence-corrected chi connectivity index (χ1v) is 8.07. The number of nitrogens with one attached hydrogen (secondary N) is 2. The molecule has 4 rings (SSSR count). The molecule has 126 valence electrons. The largest absolute Gasteiger partial charge is 0.282 e. The lowest BCUT2D eigenvalue weighted by atomic mass is 10.2. The fraction of sp³-hybridized carbons (Fsp3) is 0.200. The lowest BCUT2D eigenvalue weighted by Gasteiger charge is -2.00. The number of nitro groups is 1. The summed E-state index contributed by atoms with van der Waals surface area (Å²) in [6.07, 6.45) is 4.36. The summed E-state index contributed by atoms with van der Waals surface area (Å²) in [6, 6.07) is 6.37. The highest BCUT2D eigenvalue weighted by Gasteiger charge is 2.23. The fourth-order valence-electron chi connectivity index (χ4n) is 2.94. The van der Waals surface area contributed by atoms with E-state index in [0.717, 1.165) is 30.5 Å². The third-order valence-corrected chi connectivity index (χ3v) is 4.38. The maximum absolute atomic E-state index is 11.1. The molecule has 10 heteroatoms. The van der Waals surface area contributed by atoms with Crippen LogP contribution in [0.25, 0.3) is 11.5 Å². The Bertz CT molecular complexity index is 1050. The van der Waals surface area contributed by atoms with Gasteiger partial charge in [0.15, 0.2) is 0 Å². The van der Waals surface area contributed by atoms with Crippen LogP contribution in [0.4, 0.5) is 5.69 Å². The van der Waals surface area contributed by atoms with Gasteiger partial charge in [-0.05, 0) is 37.5 Å². The summed E-state index contributed by atoms with van der Waals surface area (Å²) in [6.45, 7) is 0. The van der Waals surface area contributed by atoms with E-state index in [1.807, 2.05) is 0 Å². The zero-order valence-electron chi connectivity index (χ0n) is 13.0. The Kier molecular flexibility index (Phi) is 3.73.